The lowest BCUT2D eigenvalue weighted by atomic mass is 9.56. The molecule has 152 valence electrons. The van der Waals surface area contributed by atoms with Gasteiger partial charge < -0.3 is 4.74 Å². The Kier molecular flexibility index (Phi) is 8.82. The van der Waals surface area contributed by atoms with Crippen LogP contribution in [0.4, 0.5) is 0 Å². The SMILES string of the molecule is CCCCCCOC1CCC2C(CCC3CC(CCCCC)CCC32)C1. The third-order valence-corrected chi connectivity index (χ3v) is 8.17. The maximum absolute atomic E-state index is 6.29. The van der Waals surface area contributed by atoms with E-state index < -0.39 is 0 Å². The van der Waals surface area contributed by atoms with Gasteiger partial charge in [-0.15, -0.1) is 0 Å². The van der Waals surface area contributed by atoms with E-state index >= 15 is 0 Å². The summed E-state index contributed by atoms with van der Waals surface area (Å²) in [4.78, 5) is 0. The fourth-order valence-corrected chi connectivity index (χ4v) is 6.72. The highest BCUT2D eigenvalue weighted by molar-refractivity contribution is 4.94. The first-order valence-electron chi connectivity index (χ1n) is 12.4. The van der Waals surface area contributed by atoms with Crippen molar-refractivity contribution in [1.82, 2.24) is 0 Å². The van der Waals surface area contributed by atoms with Gasteiger partial charge in [0.15, 0.2) is 0 Å². The Morgan fingerprint density at radius 3 is 2.12 bits per heavy atom. The van der Waals surface area contributed by atoms with Crippen molar-refractivity contribution in [2.75, 3.05) is 6.61 Å². The smallest absolute Gasteiger partial charge is 0.0578 e. The van der Waals surface area contributed by atoms with Crippen molar-refractivity contribution in [2.24, 2.45) is 29.6 Å². The number of hydrogen-bond donors (Lipinski definition) is 0. The molecule has 1 heteroatoms. The normalized spacial score (nSPS) is 37.2. The molecule has 3 aliphatic carbocycles. The number of rotatable bonds is 10. The predicted octanol–water partition coefficient (Wildman–Crippen LogP) is 7.77. The Morgan fingerprint density at radius 2 is 1.35 bits per heavy atom. The minimum atomic E-state index is 0.597. The van der Waals surface area contributed by atoms with Crippen LogP contribution in [0.2, 0.25) is 0 Å². The average Bonchev–Trinajstić information content (AvgIpc) is 2.67. The molecule has 26 heavy (non-hydrogen) atoms. The van der Waals surface area contributed by atoms with Crippen molar-refractivity contribution in [1.29, 1.82) is 0 Å². The largest absolute Gasteiger partial charge is 0.378 e. The van der Waals surface area contributed by atoms with E-state index in [2.05, 4.69) is 13.8 Å². The fourth-order valence-electron chi connectivity index (χ4n) is 6.72. The highest BCUT2D eigenvalue weighted by Crippen LogP contribution is 2.53. The summed E-state index contributed by atoms with van der Waals surface area (Å²) in [7, 11) is 0. The molecule has 3 fully saturated rings. The molecule has 0 saturated heterocycles. The summed E-state index contributed by atoms with van der Waals surface area (Å²) in [5.74, 6) is 5.31. The molecule has 0 bridgehead atoms. The molecular formula is C25H46O. The molecule has 1 nitrogen and oxygen atoms in total. The summed E-state index contributed by atoms with van der Waals surface area (Å²) in [6.07, 6.45) is 23.8. The molecule has 3 rings (SSSR count). The summed E-state index contributed by atoms with van der Waals surface area (Å²) < 4.78 is 6.29. The second kappa shape index (κ2) is 11.1. The summed E-state index contributed by atoms with van der Waals surface area (Å²) in [5, 5.41) is 0. The third-order valence-electron chi connectivity index (χ3n) is 8.17. The van der Waals surface area contributed by atoms with Gasteiger partial charge in [0.1, 0.15) is 0 Å². The molecule has 0 aromatic carbocycles. The Bertz CT molecular complexity index is 378. The first-order chi connectivity index (χ1) is 12.8. The summed E-state index contributed by atoms with van der Waals surface area (Å²) in [5.41, 5.74) is 0. The fraction of sp³-hybridized carbons (Fsp3) is 1.00. The zero-order valence-corrected chi connectivity index (χ0v) is 17.9. The zero-order valence-electron chi connectivity index (χ0n) is 17.9. The Labute approximate surface area is 164 Å². The van der Waals surface area contributed by atoms with Gasteiger partial charge in [0.25, 0.3) is 0 Å². The van der Waals surface area contributed by atoms with Crippen LogP contribution in [0.25, 0.3) is 0 Å². The van der Waals surface area contributed by atoms with Crippen molar-refractivity contribution in [3.63, 3.8) is 0 Å². The van der Waals surface area contributed by atoms with Gasteiger partial charge in [-0.2, -0.15) is 0 Å². The molecule has 0 amide bonds. The highest BCUT2D eigenvalue weighted by Gasteiger charge is 2.44. The van der Waals surface area contributed by atoms with Gasteiger partial charge in [-0.25, -0.2) is 0 Å². The van der Waals surface area contributed by atoms with Crippen LogP contribution < -0.4 is 0 Å². The van der Waals surface area contributed by atoms with Crippen LogP contribution in [0.15, 0.2) is 0 Å². The minimum absolute atomic E-state index is 0.597. The van der Waals surface area contributed by atoms with E-state index in [-0.39, 0.29) is 0 Å². The molecule has 3 aliphatic rings. The van der Waals surface area contributed by atoms with Crippen LogP contribution >= 0.6 is 0 Å². The molecular weight excluding hydrogens is 316 g/mol. The summed E-state index contributed by atoms with van der Waals surface area (Å²) in [6, 6.07) is 0. The quantitative estimate of drug-likeness (QED) is 0.360. The standard InChI is InChI=1S/C25H46O/c1-3-5-7-9-17-26-23-14-16-25-22(19-23)13-12-21-18-20(10-8-6-4-2)11-15-24(21)25/h20-25H,3-19H2,1-2H3. The molecule has 0 spiro atoms. The molecule has 0 heterocycles. The maximum atomic E-state index is 6.29. The molecule has 0 aliphatic heterocycles. The van der Waals surface area contributed by atoms with Crippen molar-refractivity contribution in [2.45, 2.75) is 123 Å². The molecule has 6 atom stereocenters. The van der Waals surface area contributed by atoms with Gasteiger partial charge in [-0.05, 0) is 81.0 Å². The molecule has 0 N–H and O–H groups in total. The van der Waals surface area contributed by atoms with E-state index in [1.807, 2.05) is 0 Å². The molecule has 0 radical (unpaired) electrons. The van der Waals surface area contributed by atoms with E-state index in [1.54, 1.807) is 25.7 Å². The van der Waals surface area contributed by atoms with Gasteiger partial charge >= 0.3 is 0 Å². The molecule has 0 aromatic rings. The van der Waals surface area contributed by atoms with E-state index in [0.717, 1.165) is 36.2 Å². The molecule has 0 aromatic heterocycles. The van der Waals surface area contributed by atoms with Crippen LogP contribution in [-0.2, 0) is 4.74 Å². The van der Waals surface area contributed by atoms with Crippen LogP contribution in [0.5, 0.6) is 0 Å². The number of fused-ring (bicyclic) bond motifs is 3. The lowest BCUT2D eigenvalue weighted by Crippen LogP contribution is -2.42. The topological polar surface area (TPSA) is 9.23 Å². The second-order valence-corrected chi connectivity index (χ2v) is 9.97. The Morgan fingerprint density at radius 1 is 0.654 bits per heavy atom. The molecule has 6 unspecified atom stereocenters. The average molecular weight is 363 g/mol. The third kappa shape index (κ3) is 5.73. The van der Waals surface area contributed by atoms with Crippen molar-refractivity contribution >= 4 is 0 Å². The monoisotopic (exact) mass is 362 g/mol. The Hall–Kier alpha value is -0.0400. The highest BCUT2D eigenvalue weighted by atomic mass is 16.5. The lowest BCUT2D eigenvalue weighted by Gasteiger charge is -2.50. The predicted molar refractivity (Wildman–Crippen MR) is 112 cm³/mol. The van der Waals surface area contributed by atoms with E-state index in [9.17, 15) is 0 Å². The van der Waals surface area contributed by atoms with E-state index in [4.69, 9.17) is 4.74 Å². The van der Waals surface area contributed by atoms with Crippen LogP contribution in [-0.4, -0.2) is 12.7 Å². The van der Waals surface area contributed by atoms with Gasteiger partial charge in [0, 0.05) is 6.61 Å². The van der Waals surface area contributed by atoms with E-state index in [1.165, 1.54) is 77.0 Å². The van der Waals surface area contributed by atoms with Crippen LogP contribution in [0.3, 0.4) is 0 Å². The van der Waals surface area contributed by atoms with E-state index in [0.29, 0.717) is 6.10 Å². The van der Waals surface area contributed by atoms with Crippen molar-refractivity contribution in [3.05, 3.63) is 0 Å². The lowest BCUT2D eigenvalue weighted by molar-refractivity contribution is -0.0539. The number of ether oxygens (including phenoxy) is 1. The van der Waals surface area contributed by atoms with Gasteiger partial charge in [0.2, 0.25) is 0 Å². The van der Waals surface area contributed by atoms with Crippen LogP contribution in [0, 0.1) is 29.6 Å². The number of hydrogen-bond acceptors (Lipinski definition) is 1. The first kappa shape index (κ1) is 20.7. The van der Waals surface area contributed by atoms with Crippen LogP contribution in [0.1, 0.15) is 117 Å². The van der Waals surface area contributed by atoms with Gasteiger partial charge in [0.05, 0.1) is 6.10 Å². The van der Waals surface area contributed by atoms with Crippen molar-refractivity contribution < 1.29 is 4.74 Å². The van der Waals surface area contributed by atoms with Gasteiger partial charge in [-0.1, -0.05) is 65.2 Å². The number of unbranched alkanes of at least 4 members (excludes halogenated alkanes) is 5. The molecule has 3 saturated carbocycles. The Balaban J connectivity index is 1.39. The second-order valence-electron chi connectivity index (χ2n) is 9.97. The first-order valence-corrected chi connectivity index (χ1v) is 12.4. The summed E-state index contributed by atoms with van der Waals surface area (Å²) in [6.45, 7) is 5.65. The van der Waals surface area contributed by atoms with Crippen molar-refractivity contribution in [3.8, 4) is 0 Å². The van der Waals surface area contributed by atoms with Gasteiger partial charge in [-0.3, -0.25) is 0 Å². The maximum Gasteiger partial charge on any atom is 0.0578 e. The summed E-state index contributed by atoms with van der Waals surface area (Å²) >= 11 is 0. The zero-order chi connectivity index (χ0) is 18.2. The minimum Gasteiger partial charge on any atom is -0.378 e.